The second kappa shape index (κ2) is 8.51. The molecule has 0 aliphatic rings. The zero-order valence-corrected chi connectivity index (χ0v) is 18.1. The lowest BCUT2D eigenvalue weighted by Crippen LogP contribution is -2.13. The summed E-state index contributed by atoms with van der Waals surface area (Å²) in [6.07, 6.45) is 1.48. The van der Waals surface area contributed by atoms with Crippen LogP contribution in [0.15, 0.2) is 72.8 Å². The number of carboxylic acids is 1. The zero-order valence-electron chi connectivity index (χ0n) is 18.1. The molecule has 32 heavy (non-hydrogen) atoms. The number of allylic oxidation sites excluding steroid dienone is 1. The minimum absolute atomic E-state index is 0.000149. The van der Waals surface area contributed by atoms with E-state index in [9.17, 15) is 14.7 Å². The molecule has 0 radical (unpaired) electrons. The van der Waals surface area contributed by atoms with Crippen LogP contribution in [-0.2, 0) is 4.79 Å². The monoisotopic (exact) mass is 425 g/mol. The lowest BCUT2D eigenvalue weighted by Gasteiger charge is -2.11. The van der Waals surface area contributed by atoms with Gasteiger partial charge in [-0.05, 0) is 73.0 Å². The minimum atomic E-state index is -1.13. The van der Waals surface area contributed by atoms with Crippen molar-refractivity contribution in [3.8, 4) is 5.69 Å². The van der Waals surface area contributed by atoms with E-state index in [1.807, 2.05) is 69.3 Å². The molecular formula is C26H23N3O3. The van der Waals surface area contributed by atoms with Crippen molar-refractivity contribution in [1.82, 2.24) is 9.78 Å². The number of aromatic nitrogens is 2. The molecule has 0 spiro atoms. The van der Waals surface area contributed by atoms with Crippen LogP contribution in [0.2, 0.25) is 0 Å². The molecule has 0 atom stereocenters. The summed E-state index contributed by atoms with van der Waals surface area (Å²) in [5.74, 6) is -1.52. The zero-order chi connectivity index (χ0) is 22.8. The average molecular weight is 425 g/mol. The number of amides is 1. The lowest BCUT2D eigenvalue weighted by atomic mass is 10.0. The van der Waals surface area contributed by atoms with Crippen LogP contribution in [0.4, 0.5) is 5.69 Å². The van der Waals surface area contributed by atoms with Crippen LogP contribution < -0.4 is 5.32 Å². The normalized spacial score (nSPS) is 11.5. The van der Waals surface area contributed by atoms with E-state index < -0.39 is 11.9 Å². The highest BCUT2D eigenvalue weighted by Gasteiger charge is 2.15. The Morgan fingerprint density at radius 2 is 1.72 bits per heavy atom. The number of carboxylic acid groups (broad SMARTS) is 1. The van der Waals surface area contributed by atoms with Gasteiger partial charge in [-0.3, -0.25) is 4.79 Å². The largest absolute Gasteiger partial charge is 0.478 e. The number of aryl methyl sites for hydroxylation is 2. The average Bonchev–Trinajstić information content (AvgIpc) is 3.11. The smallest absolute Gasteiger partial charge is 0.337 e. The molecule has 0 aliphatic carbocycles. The number of hydrogen-bond donors (Lipinski definition) is 2. The van der Waals surface area contributed by atoms with Gasteiger partial charge >= 0.3 is 5.97 Å². The van der Waals surface area contributed by atoms with Crippen LogP contribution >= 0.6 is 0 Å². The molecule has 1 aromatic heterocycles. The number of carbonyl (C=O) groups is 2. The van der Waals surface area contributed by atoms with Crippen molar-refractivity contribution in [3.63, 3.8) is 0 Å². The number of benzene rings is 3. The van der Waals surface area contributed by atoms with Gasteiger partial charge in [0, 0.05) is 11.8 Å². The number of anilines is 1. The van der Waals surface area contributed by atoms with Crippen LogP contribution in [0, 0.1) is 13.8 Å². The highest BCUT2D eigenvalue weighted by Crippen LogP contribution is 2.23. The molecule has 4 aromatic rings. The van der Waals surface area contributed by atoms with Gasteiger partial charge in [-0.15, -0.1) is 0 Å². The summed E-state index contributed by atoms with van der Waals surface area (Å²) in [4.78, 5) is 24.5. The number of aromatic carboxylic acids is 1. The molecule has 0 saturated heterocycles. The van der Waals surface area contributed by atoms with Gasteiger partial charge in [-0.25, -0.2) is 9.48 Å². The van der Waals surface area contributed by atoms with Crippen LogP contribution in [0.1, 0.15) is 34.2 Å². The second-order valence-corrected chi connectivity index (χ2v) is 7.75. The Kier molecular flexibility index (Phi) is 5.60. The van der Waals surface area contributed by atoms with Gasteiger partial charge in [0.2, 0.25) is 5.91 Å². The van der Waals surface area contributed by atoms with Crippen molar-refractivity contribution >= 4 is 33.9 Å². The quantitative estimate of drug-likeness (QED) is 0.420. The maximum Gasteiger partial charge on any atom is 0.337 e. The highest BCUT2D eigenvalue weighted by molar-refractivity contribution is 6.07. The second-order valence-electron chi connectivity index (χ2n) is 7.75. The molecule has 6 nitrogen and oxygen atoms in total. The van der Waals surface area contributed by atoms with Crippen LogP contribution in [0.5, 0.6) is 0 Å². The Bertz CT molecular complexity index is 1380. The van der Waals surface area contributed by atoms with Crippen molar-refractivity contribution in [2.45, 2.75) is 20.8 Å². The van der Waals surface area contributed by atoms with Gasteiger partial charge in [-0.1, -0.05) is 36.4 Å². The summed E-state index contributed by atoms with van der Waals surface area (Å²) in [7, 11) is 0. The standard InChI is InChI=1S/C26H23N3O3/c1-16(20-9-8-19-6-4-5-7-21(19)14-20)12-25(30)27-24-11-10-22(15-23(24)26(31)32)29-18(3)13-17(2)28-29/h4-15H,1-3H3,(H,27,30)(H,31,32). The third kappa shape index (κ3) is 4.30. The number of nitrogens with one attached hydrogen (secondary N) is 1. The molecule has 6 heteroatoms. The van der Waals surface area contributed by atoms with Gasteiger partial charge in [0.15, 0.2) is 0 Å². The highest BCUT2D eigenvalue weighted by atomic mass is 16.4. The van der Waals surface area contributed by atoms with E-state index >= 15 is 0 Å². The van der Waals surface area contributed by atoms with Crippen molar-refractivity contribution in [2.24, 2.45) is 0 Å². The molecular weight excluding hydrogens is 402 g/mol. The fraction of sp³-hybridized carbons (Fsp3) is 0.115. The topological polar surface area (TPSA) is 84.2 Å². The molecule has 3 aromatic carbocycles. The van der Waals surface area contributed by atoms with E-state index in [-0.39, 0.29) is 11.3 Å². The van der Waals surface area contributed by atoms with Crippen molar-refractivity contribution in [2.75, 3.05) is 5.32 Å². The van der Waals surface area contributed by atoms with Gasteiger partial charge in [-0.2, -0.15) is 5.10 Å². The van der Waals surface area contributed by atoms with Crippen molar-refractivity contribution in [3.05, 3.63) is 95.3 Å². The minimum Gasteiger partial charge on any atom is -0.478 e. The number of carbonyl (C=O) groups excluding carboxylic acids is 1. The molecule has 0 bridgehead atoms. The summed E-state index contributed by atoms with van der Waals surface area (Å²) in [6.45, 7) is 5.63. The maximum atomic E-state index is 12.6. The number of rotatable bonds is 5. The molecule has 4 rings (SSSR count). The molecule has 0 saturated carbocycles. The first kappa shape index (κ1) is 21.1. The molecule has 1 amide bonds. The summed E-state index contributed by atoms with van der Waals surface area (Å²) in [5, 5.41) is 19.0. The molecule has 1 heterocycles. The Labute approximate surface area is 185 Å². The van der Waals surface area contributed by atoms with E-state index in [2.05, 4.69) is 10.4 Å². The van der Waals surface area contributed by atoms with E-state index in [0.717, 1.165) is 33.3 Å². The number of nitrogens with zero attached hydrogens (tertiary/aromatic N) is 2. The predicted octanol–water partition coefficient (Wildman–Crippen LogP) is 5.38. The molecule has 0 aliphatic heterocycles. The van der Waals surface area contributed by atoms with Crippen molar-refractivity contribution < 1.29 is 14.7 Å². The van der Waals surface area contributed by atoms with Gasteiger partial charge in [0.05, 0.1) is 22.6 Å². The summed E-state index contributed by atoms with van der Waals surface area (Å²) < 4.78 is 1.68. The first-order valence-corrected chi connectivity index (χ1v) is 10.2. The lowest BCUT2D eigenvalue weighted by molar-refractivity contribution is -0.111. The SMILES string of the molecule is CC(=CC(=O)Nc1ccc(-n2nc(C)cc2C)cc1C(=O)O)c1ccc2ccccc2c1. The van der Waals surface area contributed by atoms with Crippen LogP contribution in [-0.4, -0.2) is 26.8 Å². The third-order valence-corrected chi connectivity index (χ3v) is 5.30. The number of fused-ring (bicyclic) bond motifs is 1. The van der Waals surface area contributed by atoms with E-state index in [1.54, 1.807) is 16.8 Å². The third-order valence-electron chi connectivity index (χ3n) is 5.30. The van der Waals surface area contributed by atoms with Gasteiger partial charge in [0.1, 0.15) is 0 Å². The Morgan fingerprint density at radius 3 is 2.41 bits per heavy atom. The van der Waals surface area contributed by atoms with E-state index in [1.165, 1.54) is 12.1 Å². The predicted molar refractivity (Wildman–Crippen MR) is 126 cm³/mol. The maximum absolute atomic E-state index is 12.6. The number of hydrogen-bond acceptors (Lipinski definition) is 3. The van der Waals surface area contributed by atoms with Gasteiger partial charge < -0.3 is 10.4 Å². The van der Waals surface area contributed by atoms with Crippen LogP contribution in [0.3, 0.4) is 0 Å². The first-order chi connectivity index (χ1) is 15.3. The Balaban J connectivity index is 1.60. The first-order valence-electron chi connectivity index (χ1n) is 10.2. The Hall–Kier alpha value is -4.19. The Morgan fingerprint density at radius 1 is 0.969 bits per heavy atom. The summed E-state index contributed by atoms with van der Waals surface area (Å²) >= 11 is 0. The summed E-state index contributed by atoms with van der Waals surface area (Å²) in [5.41, 5.74) is 4.29. The molecule has 2 N–H and O–H groups in total. The van der Waals surface area contributed by atoms with E-state index in [0.29, 0.717) is 5.69 Å². The molecule has 160 valence electrons. The van der Waals surface area contributed by atoms with E-state index in [4.69, 9.17) is 0 Å². The fourth-order valence-corrected chi connectivity index (χ4v) is 3.72. The molecule has 0 fully saturated rings. The summed E-state index contributed by atoms with van der Waals surface area (Å²) in [6, 6.07) is 20.8. The van der Waals surface area contributed by atoms with Gasteiger partial charge in [0.25, 0.3) is 0 Å². The molecule has 0 unspecified atom stereocenters. The van der Waals surface area contributed by atoms with Crippen molar-refractivity contribution in [1.29, 1.82) is 0 Å². The fourth-order valence-electron chi connectivity index (χ4n) is 3.72. The van der Waals surface area contributed by atoms with Crippen LogP contribution in [0.25, 0.3) is 22.0 Å².